The second-order valence-electron chi connectivity index (χ2n) is 8.64. The van der Waals surface area contributed by atoms with E-state index in [-0.39, 0.29) is 18.4 Å². The van der Waals surface area contributed by atoms with Crippen molar-refractivity contribution in [2.75, 3.05) is 54.7 Å². The predicted molar refractivity (Wildman–Crippen MR) is 148 cm³/mol. The van der Waals surface area contributed by atoms with Crippen molar-refractivity contribution in [3.05, 3.63) is 76.0 Å². The molecule has 1 aromatic heterocycles. The molecule has 0 spiro atoms. The third kappa shape index (κ3) is 8.22. The fraction of sp³-hybridized carbons (Fsp3) is 0.379. The van der Waals surface area contributed by atoms with Crippen LogP contribution in [0.3, 0.4) is 0 Å². The number of hydrogen-bond donors (Lipinski definition) is 0. The lowest BCUT2D eigenvalue weighted by Crippen LogP contribution is -2.43. The highest BCUT2D eigenvalue weighted by atomic mass is 32.1. The van der Waals surface area contributed by atoms with Crippen LogP contribution in [0, 0.1) is 0 Å². The predicted octanol–water partition coefficient (Wildman–Crippen LogP) is 4.52. The van der Waals surface area contributed by atoms with Crippen molar-refractivity contribution in [2.24, 2.45) is 0 Å². The van der Waals surface area contributed by atoms with Crippen LogP contribution in [0.5, 0.6) is 17.2 Å². The molecule has 0 radical (unpaired) electrons. The maximum absolute atomic E-state index is 13.6. The topological polar surface area (TPSA) is 77.5 Å². The van der Waals surface area contributed by atoms with Crippen molar-refractivity contribution in [3.8, 4) is 17.2 Å². The van der Waals surface area contributed by atoms with E-state index >= 15 is 0 Å². The number of nitrogens with zero attached hydrogens (tertiary/aromatic N) is 2. The minimum atomic E-state index is -0.201. The molecular formula is C29H36N2O6S. The molecule has 0 fully saturated rings. The number of carbonyl (C=O) groups excluding carboxylic acids is 2. The number of amides is 2. The Hall–Kier alpha value is -3.56. The number of methoxy groups -OCH3 is 4. The molecule has 0 unspecified atom stereocenters. The van der Waals surface area contributed by atoms with Gasteiger partial charge in [0, 0.05) is 37.2 Å². The Balaban J connectivity index is 1.77. The third-order valence-corrected chi connectivity index (χ3v) is 6.99. The van der Waals surface area contributed by atoms with Gasteiger partial charge in [-0.25, -0.2) is 0 Å². The number of benzene rings is 2. The highest BCUT2D eigenvalue weighted by Crippen LogP contribution is 2.28. The zero-order valence-electron chi connectivity index (χ0n) is 22.5. The molecule has 0 bridgehead atoms. The molecule has 204 valence electrons. The largest absolute Gasteiger partial charge is 0.497 e. The molecule has 9 heteroatoms. The summed E-state index contributed by atoms with van der Waals surface area (Å²) in [4.78, 5) is 31.5. The molecule has 38 heavy (non-hydrogen) atoms. The summed E-state index contributed by atoms with van der Waals surface area (Å²) in [5.74, 6) is 1.66. The maximum atomic E-state index is 13.6. The van der Waals surface area contributed by atoms with Crippen molar-refractivity contribution in [1.29, 1.82) is 0 Å². The molecule has 0 saturated heterocycles. The first kappa shape index (κ1) is 29.0. The van der Waals surface area contributed by atoms with Gasteiger partial charge in [-0.05, 0) is 66.2 Å². The van der Waals surface area contributed by atoms with Crippen LogP contribution in [0.15, 0.2) is 60.0 Å². The summed E-state index contributed by atoms with van der Waals surface area (Å²) < 4.78 is 21.2. The van der Waals surface area contributed by atoms with Gasteiger partial charge in [0.05, 0.1) is 27.9 Å². The minimum absolute atomic E-state index is 0.0219. The lowest BCUT2D eigenvalue weighted by molar-refractivity contribution is -0.132. The van der Waals surface area contributed by atoms with E-state index in [2.05, 4.69) is 0 Å². The summed E-state index contributed by atoms with van der Waals surface area (Å²) in [5, 5.41) is 2.00. The smallest absolute Gasteiger partial charge is 0.254 e. The van der Waals surface area contributed by atoms with Crippen LogP contribution in [0.1, 0.15) is 27.2 Å². The van der Waals surface area contributed by atoms with Crippen molar-refractivity contribution in [1.82, 2.24) is 9.80 Å². The zero-order chi connectivity index (χ0) is 27.3. The van der Waals surface area contributed by atoms with E-state index in [0.717, 1.165) is 10.4 Å². The molecule has 0 N–H and O–H groups in total. The van der Waals surface area contributed by atoms with Gasteiger partial charge in [0.25, 0.3) is 5.91 Å². The Bertz CT molecular complexity index is 1150. The van der Waals surface area contributed by atoms with E-state index in [1.807, 2.05) is 40.6 Å². The maximum Gasteiger partial charge on any atom is 0.254 e. The summed E-state index contributed by atoms with van der Waals surface area (Å²) in [6.45, 7) is 1.86. The van der Waals surface area contributed by atoms with Crippen molar-refractivity contribution < 1.29 is 28.5 Å². The Labute approximate surface area is 228 Å². The Morgan fingerprint density at radius 2 is 1.61 bits per heavy atom. The molecule has 3 aromatic rings. The van der Waals surface area contributed by atoms with Gasteiger partial charge in [0.2, 0.25) is 5.91 Å². The Kier molecular flexibility index (Phi) is 11.4. The monoisotopic (exact) mass is 540 g/mol. The van der Waals surface area contributed by atoms with E-state index in [1.165, 1.54) is 0 Å². The van der Waals surface area contributed by atoms with Crippen molar-refractivity contribution >= 4 is 23.2 Å². The highest BCUT2D eigenvalue weighted by molar-refractivity contribution is 7.09. The molecule has 0 atom stereocenters. The molecule has 2 amide bonds. The summed E-state index contributed by atoms with van der Waals surface area (Å²) in [7, 11) is 6.41. The molecule has 2 aromatic carbocycles. The van der Waals surface area contributed by atoms with Gasteiger partial charge in [-0.15, -0.1) is 11.3 Å². The van der Waals surface area contributed by atoms with E-state index in [0.29, 0.717) is 61.9 Å². The zero-order valence-corrected chi connectivity index (χ0v) is 23.3. The third-order valence-electron chi connectivity index (χ3n) is 6.12. The summed E-state index contributed by atoms with van der Waals surface area (Å²) in [6, 6.07) is 16.7. The van der Waals surface area contributed by atoms with Crippen LogP contribution in [0.25, 0.3) is 0 Å². The second-order valence-corrected chi connectivity index (χ2v) is 9.67. The van der Waals surface area contributed by atoms with Crippen LogP contribution in [-0.2, 0) is 22.5 Å². The van der Waals surface area contributed by atoms with Crippen LogP contribution in [-0.4, -0.2) is 76.3 Å². The van der Waals surface area contributed by atoms with Crippen molar-refractivity contribution in [3.63, 3.8) is 0 Å². The average molecular weight is 541 g/mol. The van der Waals surface area contributed by atoms with Gasteiger partial charge in [-0.3, -0.25) is 9.59 Å². The Morgan fingerprint density at radius 3 is 2.24 bits per heavy atom. The van der Waals surface area contributed by atoms with Gasteiger partial charge in [0.15, 0.2) is 11.5 Å². The molecule has 0 aliphatic heterocycles. The van der Waals surface area contributed by atoms with Crippen LogP contribution >= 0.6 is 11.3 Å². The van der Waals surface area contributed by atoms with Gasteiger partial charge in [-0.1, -0.05) is 12.1 Å². The van der Waals surface area contributed by atoms with Gasteiger partial charge in [0.1, 0.15) is 12.3 Å². The van der Waals surface area contributed by atoms with Crippen LogP contribution in [0.2, 0.25) is 0 Å². The molecule has 0 aliphatic rings. The van der Waals surface area contributed by atoms with E-state index in [9.17, 15) is 9.59 Å². The van der Waals surface area contributed by atoms with Gasteiger partial charge >= 0.3 is 0 Å². The molecule has 1 heterocycles. The average Bonchev–Trinajstić information content (AvgIpc) is 3.47. The van der Waals surface area contributed by atoms with E-state index in [4.69, 9.17) is 18.9 Å². The molecular weight excluding hydrogens is 504 g/mol. The first-order valence-electron chi connectivity index (χ1n) is 12.4. The van der Waals surface area contributed by atoms with Crippen molar-refractivity contribution in [2.45, 2.75) is 19.4 Å². The van der Waals surface area contributed by atoms with Crippen LogP contribution < -0.4 is 14.2 Å². The number of thiophene rings is 1. The molecule has 0 aliphatic carbocycles. The fourth-order valence-corrected chi connectivity index (χ4v) is 4.73. The number of rotatable bonds is 15. The SMILES string of the molecule is COCCCN(CC(=O)N(CCc1ccc(OC)c(OC)c1)Cc1cccs1)C(=O)c1ccc(OC)cc1. The summed E-state index contributed by atoms with van der Waals surface area (Å²) in [6.07, 6.45) is 1.26. The standard InChI is InChI=1S/C29H36N2O6S/c1-34-17-6-15-31(29(33)23-9-11-24(35-2)12-10-23)21-28(32)30(20-25-7-5-18-38-25)16-14-22-8-13-26(36-3)27(19-22)37-4/h5,7-13,18-19H,6,14-17,20-21H2,1-4H3. The van der Waals surface area contributed by atoms with Gasteiger partial charge in [-0.2, -0.15) is 0 Å². The van der Waals surface area contributed by atoms with E-state index in [1.54, 1.807) is 68.9 Å². The highest BCUT2D eigenvalue weighted by Gasteiger charge is 2.23. The first-order chi connectivity index (χ1) is 18.5. The normalized spacial score (nSPS) is 10.6. The number of ether oxygens (including phenoxy) is 4. The Morgan fingerprint density at radius 1 is 0.842 bits per heavy atom. The number of hydrogen-bond acceptors (Lipinski definition) is 7. The quantitative estimate of drug-likeness (QED) is 0.264. The second kappa shape index (κ2) is 15.0. The fourth-order valence-electron chi connectivity index (χ4n) is 4.01. The molecule has 0 saturated carbocycles. The first-order valence-corrected chi connectivity index (χ1v) is 13.3. The summed E-state index contributed by atoms with van der Waals surface area (Å²) >= 11 is 1.60. The lowest BCUT2D eigenvalue weighted by atomic mass is 10.1. The molecule has 8 nitrogen and oxygen atoms in total. The number of carbonyl (C=O) groups is 2. The summed E-state index contributed by atoms with van der Waals surface area (Å²) in [5.41, 5.74) is 1.53. The van der Waals surface area contributed by atoms with E-state index < -0.39 is 0 Å². The molecule has 3 rings (SSSR count). The van der Waals surface area contributed by atoms with Crippen LogP contribution in [0.4, 0.5) is 0 Å². The lowest BCUT2D eigenvalue weighted by Gasteiger charge is -2.28. The van der Waals surface area contributed by atoms with Gasteiger partial charge < -0.3 is 28.7 Å². The minimum Gasteiger partial charge on any atom is -0.497 e.